The Hall–Kier alpha value is -3.16. The van der Waals surface area contributed by atoms with Gasteiger partial charge in [0.15, 0.2) is 5.69 Å². The highest BCUT2D eigenvalue weighted by molar-refractivity contribution is 6.12. The molecule has 8 heteroatoms. The number of fused-ring (bicyclic) bond motifs is 1. The summed E-state index contributed by atoms with van der Waals surface area (Å²) in [4.78, 5) is 41.5. The van der Waals surface area contributed by atoms with E-state index < -0.39 is 11.5 Å². The number of nitrogens with zero attached hydrogens (tertiary/aromatic N) is 3. The first-order valence-electron chi connectivity index (χ1n) is 12.1. The van der Waals surface area contributed by atoms with Crippen molar-refractivity contribution in [3.05, 3.63) is 46.8 Å². The Bertz CT molecular complexity index is 1100. The van der Waals surface area contributed by atoms with Gasteiger partial charge in [-0.2, -0.15) is 5.10 Å². The lowest BCUT2D eigenvalue weighted by atomic mass is 9.86. The maximum absolute atomic E-state index is 13.8. The van der Waals surface area contributed by atoms with Crippen molar-refractivity contribution in [2.45, 2.75) is 78.4 Å². The van der Waals surface area contributed by atoms with Crippen molar-refractivity contribution in [3.8, 4) is 0 Å². The number of carbonyl (C=O) groups excluding carboxylic acids is 3. The zero-order valence-electron chi connectivity index (χ0n) is 20.7. The van der Waals surface area contributed by atoms with Crippen molar-refractivity contribution in [2.75, 3.05) is 11.5 Å². The molecule has 1 aromatic heterocycles. The summed E-state index contributed by atoms with van der Waals surface area (Å²) in [5.41, 5.74) is 1.76. The zero-order chi connectivity index (χ0) is 24.6. The van der Waals surface area contributed by atoms with Crippen LogP contribution in [0.3, 0.4) is 0 Å². The van der Waals surface area contributed by atoms with Crippen LogP contribution in [0.4, 0.5) is 5.69 Å². The number of amides is 2. The fraction of sp³-hybridized carbons (Fsp3) is 0.538. The van der Waals surface area contributed by atoms with E-state index in [0.717, 1.165) is 36.8 Å². The molecular formula is C26H34N4O4. The van der Waals surface area contributed by atoms with Crippen LogP contribution in [0.2, 0.25) is 0 Å². The van der Waals surface area contributed by atoms with Crippen molar-refractivity contribution < 1.29 is 19.1 Å². The van der Waals surface area contributed by atoms with E-state index >= 15 is 0 Å². The predicted molar refractivity (Wildman–Crippen MR) is 129 cm³/mol. The first-order chi connectivity index (χ1) is 16.1. The van der Waals surface area contributed by atoms with Gasteiger partial charge in [0.25, 0.3) is 5.91 Å². The van der Waals surface area contributed by atoms with E-state index in [1.807, 2.05) is 32.0 Å². The molecule has 0 radical (unpaired) electrons. The predicted octanol–water partition coefficient (Wildman–Crippen LogP) is 3.79. The monoisotopic (exact) mass is 466 g/mol. The van der Waals surface area contributed by atoms with Crippen LogP contribution >= 0.6 is 0 Å². The molecule has 1 saturated carbocycles. The van der Waals surface area contributed by atoms with E-state index in [1.54, 1.807) is 18.7 Å². The van der Waals surface area contributed by atoms with Gasteiger partial charge in [-0.05, 0) is 82.6 Å². The summed E-state index contributed by atoms with van der Waals surface area (Å²) in [6.07, 6.45) is 4.02. The second-order valence-corrected chi connectivity index (χ2v) is 9.98. The van der Waals surface area contributed by atoms with E-state index in [2.05, 4.69) is 17.3 Å². The molecule has 2 heterocycles. The van der Waals surface area contributed by atoms with E-state index in [4.69, 9.17) is 4.74 Å². The topological polar surface area (TPSA) is 93.5 Å². The van der Waals surface area contributed by atoms with E-state index in [9.17, 15) is 14.4 Å². The molecule has 1 N–H and O–H groups in total. The first-order valence-corrected chi connectivity index (χ1v) is 12.1. The lowest BCUT2D eigenvalue weighted by Gasteiger charge is -2.44. The summed E-state index contributed by atoms with van der Waals surface area (Å²) < 4.78 is 6.54. The fourth-order valence-electron chi connectivity index (χ4n) is 5.12. The van der Waals surface area contributed by atoms with Crippen molar-refractivity contribution in [2.24, 2.45) is 5.92 Å². The highest BCUT2D eigenvalue weighted by Crippen LogP contribution is 2.34. The van der Waals surface area contributed by atoms with Gasteiger partial charge in [-0.1, -0.05) is 13.0 Å². The second-order valence-electron chi connectivity index (χ2n) is 9.98. The van der Waals surface area contributed by atoms with Crippen LogP contribution in [-0.2, 0) is 16.1 Å². The Morgan fingerprint density at radius 3 is 2.38 bits per heavy atom. The summed E-state index contributed by atoms with van der Waals surface area (Å²) in [7, 11) is 0. The summed E-state index contributed by atoms with van der Waals surface area (Å²) in [5, 5.41) is 7.55. The van der Waals surface area contributed by atoms with Crippen molar-refractivity contribution in [3.63, 3.8) is 0 Å². The highest BCUT2D eigenvalue weighted by atomic mass is 16.5. The first kappa shape index (κ1) is 24.0. The Morgan fingerprint density at radius 1 is 1.12 bits per heavy atom. The number of aryl methyl sites for hydroxylation is 2. The molecule has 182 valence electrons. The molecule has 34 heavy (non-hydrogen) atoms. The summed E-state index contributed by atoms with van der Waals surface area (Å²) in [5.74, 6) is -0.495. The Labute approximate surface area is 200 Å². The lowest BCUT2D eigenvalue weighted by Crippen LogP contribution is -2.65. The highest BCUT2D eigenvalue weighted by Gasteiger charge is 2.49. The summed E-state index contributed by atoms with van der Waals surface area (Å²) >= 11 is 0. The van der Waals surface area contributed by atoms with Crippen LogP contribution in [-0.4, -0.2) is 45.8 Å². The van der Waals surface area contributed by atoms with Crippen LogP contribution < -0.4 is 10.2 Å². The third-order valence-electron chi connectivity index (χ3n) is 6.94. The van der Waals surface area contributed by atoms with Gasteiger partial charge in [0, 0.05) is 17.8 Å². The number of hydrogen-bond donors (Lipinski definition) is 1. The van der Waals surface area contributed by atoms with Crippen molar-refractivity contribution in [1.82, 2.24) is 15.1 Å². The molecule has 1 unspecified atom stereocenters. The van der Waals surface area contributed by atoms with Gasteiger partial charge in [-0.25, -0.2) is 4.79 Å². The lowest BCUT2D eigenvalue weighted by molar-refractivity contribution is -0.127. The zero-order valence-corrected chi connectivity index (χ0v) is 20.7. The Morgan fingerprint density at radius 2 is 1.76 bits per heavy atom. The number of anilines is 1. The molecule has 1 atom stereocenters. The molecule has 0 bridgehead atoms. The number of ether oxygens (including phenoxy) is 1. The van der Waals surface area contributed by atoms with Crippen LogP contribution in [0.15, 0.2) is 24.3 Å². The van der Waals surface area contributed by atoms with Gasteiger partial charge in [-0.3, -0.25) is 19.2 Å². The van der Waals surface area contributed by atoms with Crippen LogP contribution in [0.5, 0.6) is 0 Å². The SMILES string of the molecule is CCOC(=O)c1cc2n(n1)CC(C)(C(=O)NC1CCC(C)CC1)N(c1cc(C)cc(C)c1)C2=O. The molecule has 2 amide bonds. The number of hydrogen-bond acceptors (Lipinski definition) is 5. The summed E-state index contributed by atoms with van der Waals surface area (Å²) in [6, 6.07) is 7.40. The minimum absolute atomic E-state index is 0.0662. The Kier molecular flexibility index (Phi) is 6.51. The average molecular weight is 467 g/mol. The standard InChI is InChI=1S/C26H34N4O4/c1-6-34-24(32)21-14-22-23(31)30(20-12-17(3)11-18(4)13-20)26(5,15-29(22)28-21)25(33)27-19-9-7-16(2)8-10-19/h11-14,16,19H,6-10,15H2,1-5H3,(H,27,33). The van der Waals surface area contributed by atoms with E-state index in [0.29, 0.717) is 11.6 Å². The van der Waals surface area contributed by atoms with E-state index in [-0.39, 0.29) is 42.4 Å². The number of carbonyl (C=O) groups is 3. The maximum atomic E-state index is 13.8. The number of rotatable bonds is 5. The smallest absolute Gasteiger partial charge is 0.358 e. The van der Waals surface area contributed by atoms with Gasteiger partial charge >= 0.3 is 5.97 Å². The van der Waals surface area contributed by atoms with E-state index in [1.165, 1.54) is 10.7 Å². The van der Waals surface area contributed by atoms with Gasteiger partial charge in [0.2, 0.25) is 5.91 Å². The quantitative estimate of drug-likeness (QED) is 0.677. The average Bonchev–Trinajstić information content (AvgIpc) is 3.19. The number of esters is 1. The molecule has 8 nitrogen and oxygen atoms in total. The molecule has 1 fully saturated rings. The van der Waals surface area contributed by atoms with Crippen LogP contribution in [0.1, 0.15) is 78.6 Å². The molecule has 1 aliphatic heterocycles. The number of aromatic nitrogens is 2. The largest absolute Gasteiger partial charge is 0.461 e. The molecule has 1 aromatic carbocycles. The van der Waals surface area contributed by atoms with Gasteiger partial charge < -0.3 is 10.1 Å². The summed E-state index contributed by atoms with van der Waals surface area (Å²) in [6.45, 7) is 10.0. The third-order valence-corrected chi connectivity index (χ3v) is 6.94. The van der Waals surface area contributed by atoms with Gasteiger partial charge in [0.1, 0.15) is 11.2 Å². The molecule has 2 aliphatic rings. The van der Waals surface area contributed by atoms with Crippen LogP contribution in [0.25, 0.3) is 0 Å². The third kappa shape index (κ3) is 4.45. The van der Waals surface area contributed by atoms with Crippen molar-refractivity contribution in [1.29, 1.82) is 0 Å². The number of nitrogens with one attached hydrogen (secondary N) is 1. The molecular weight excluding hydrogens is 432 g/mol. The molecule has 1 aliphatic carbocycles. The molecule has 0 spiro atoms. The van der Waals surface area contributed by atoms with Crippen molar-refractivity contribution >= 4 is 23.5 Å². The van der Waals surface area contributed by atoms with Gasteiger partial charge in [-0.15, -0.1) is 0 Å². The Balaban J connectivity index is 1.74. The number of benzene rings is 1. The van der Waals surface area contributed by atoms with Crippen LogP contribution in [0, 0.1) is 19.8 Å². The second kappa shape index (κ2) is 9.24. The molecule has 4 rings (SSSR count). The maximum Gasteiger partial charge on any atom is 0.358 e. The molecule has 0 saturated heterocycles. The minimum Gasteiger partial charge on any atom is -0.461 e. The fourth-order valence-corrected chi connectivity index (χ4v) is 5.12. The minimum atomic E-state index is -1.22. The molecule has 2 aromatic rings. The van der Waals surface area contributed by atoms with Gasteiger partial charge in [0.05, 0.1) is 13.2 Å². The normalized spacial score (nSPS) is 24.5.